The highest BCUT2D eigenvalue weighted by atomic mass is 79.9. The lowest BCUT2D eigenvalue weighted by molar-refractivity contribution is 0.620. The summed E-state index contributed by atoms with van der Waals surface area (Å²) in [4.78, 5) is 0.592. The Balaban J connectivity index is 2.29. The zero-order valence-electron chi connectivity index (χ0n) is 6.23. The summed E-state index contributed by atoms with van der Waals surface area (Å²) in [6.07, 6.45) is 1.16. The van der Waals surface area contributed by atoms with Gasteiger partial charge in [0.05, 0.1) is 4.47 Å². The fourth-order valence-electron chi connectivity index (χ4n) is 1.25. The van der Waals surface area contributed by atoms with Crippen molar-refractivity contribution in [2.75, 3.05) is 0 Å². The standard InChI is InChI=1S/C9H7Br2F/c10-7-4-6(7)5-1-2-9(12)8(11)3-5/h1-3,6-7H,4H2. The van der Waals surface area contributed by atoms with Crippen LogP contribution in [0.15, 0.2) is 22.7 Å². The van der Waals surface area contributed by atoms with Gasteiger partial charge in [-0.2, -0.15) is 0 Å². The average Bonchev–Trinajstić information content (AvgIpc) is 2.73. The zero-order valence-corrected chi connectivity index (χ0v) is 9.40. The van der Waals surface area contributed by atoms with Crippen molar-refractivity contribution in [1.82, 2.24) is 0 Å². The number of rotatable bonds is 1. The van der Waals surface area contributed by atoms with Gasteiger partial charge in [-0.05, 0) is 46.0 Å². The largest absolute Gasteiger partial charge is 0.206 e. The highest BCUT2D eigenvalue weighted by molar-refractivity contribution is 9.10. The van der Waals surface area contributed by atoms with Gasteiger partial charge in [-0.15, -0.1) is 0 Å². The van der Waals surface area contributed by atoms with E-state index in [1.165, 1.54) is 11.6 Å². The first-order valence-electron chi connectivity index (χ1n) is 3.77. The molecule has 2 rings (SSSR count). The molecule has 2 atom stereocenters. The van der Waals surface area contributed by atoms with E-state index in [1.54, 1.807) is 0 Å². The van der Waals surface area contributed by atoms with E-state index >= 15 is 0 Å². The first-order valence-corrected chi connectivity index (χ1v) is 5.48. The Morgan fingerprint density at radius 3 is 2.58 bits per heavy atom. The Morgan fingerprint density at radius 1 is 1.42 bits per heavy atom. The molecule has 0 radical (unpaired) electrons. The second-order valence-electron chi connectivity index (χ2n) is 3.03. The van der Waals surface area contributed by atoms with E-state index in [0.717, 1.165) is 6.42 Å². The molecule has 0 amide bonds. The molecule has 3 heteroatoms. The second-order valence-corrected chi connectivity index (χ2v) is 5.06. The molecule has 64 valence electrons. The van der Waals surface area contributed by atoms with Crippen molar-refractivity contribution in [1.29, 1.82) is 0 Å². The predicted molar refractivity (Wildman–Crippen MR) is 54.2 cm³/mol. The molecule has 0 spiro atoms. The molecule has 0 heterocycles. The maximum absolute atomic E-state index is 12.8. The molecule has 0 aromatic heterocycles. The van der Waals surface area contributed by atoms with Crippen molar-refractivity contribution in [3.8, 4) is 0 Å². The first-order chi connectivity index (χ1) is 5.68. The molecule has 1 fully saturated rings. The van der Waals surface area contributed by atoms with Crippen molar-refractivity contribution in [3.63, 3.8) is 0 Å². The molecule has 0 N–H and O–H groups in total. The lowest BCUT2D eigenvalue weighted by atomic mass is 10.1. The van der Waals surface area contributed by atoms with Gasteiger partial charge < -0.3 is 0 Å². The molecule has 12 heavy (non-hydrogen) atoms. The van der Waals surface area contributed by atoms with Crippen LogP contribution in [-0.4, -0.2) is 4.83 Å². The van der Waals surface area contributed by atoms with Crippen molar-refractivity contribution >= 4 is 31.9 Å². The summed E-state index contributed by atoms with van der Waals surface area (Å²) in [7, 11) is 0. The van der Waals surface area contributed by atoms with E-state index in [9.17, 15) is 4.39 Å². The summed E-state index contributed by atoms with van der Waals surface area (Å²) in [6, 6.07) is 5.23. The number of hydrogen-bond acceptors (Lipinski definition) is 0. The molecule has 0 nitrogen and oxygen atoms in total. The minimum absolute atomic E-state index is 0.189. The molecule has 1 aliphatic carbocycles. The molecular formula is C9H7Br2F. The molecule has 1 aliphatic rings. The van der Waals surface area contributed by atoms with Crippen LogP contribution in [0.2, 0.25) is 0 Å². The van der Waals surface area contributed by atoms with E-state index < -0.39 is 0 Å². The summed E-state index contributed by atoms with van der Waals surface area (Å²) in [6.45, 7) is 0. The van der Waals surface area contributed by atoms with Gasteiger partial charge in [0.1, 0.15) is 5.82 Å². The summed E-state index contributed by atoms with van der Waals surface area (Å²) in [5.41, 5.74) is 1.21. The molecule has 1 aromatic carbocycles. The predicted octanol–water partition coefficient (Wildman–Crippen LogP) is 3.84. The van der Waals surface area contributed by atoms with Gasteiger partial charge in [0.25, 0.3) is 0 Å². The van der Waals surface area contributed by atoms with Gasteiger partial charge in [-0.3, -0.25) is 0 Å². The van der Waals surface area contributed by atoms with Gasteiger partial charge in [-0.25, -0.2) is 4.39 Å². The summed E-state index contributed by atoms with van der Waals surface area (Å²) < 4.78 is 13.4. The van der Waals surface area contributed by atoms with Crippen LogP contribution in [-0.2, 0) is 0 Å². The maximum atomic E-state index is 12.8. The van der Waals surface area contributed by atoms with Gasteiger partial charge in [0, 0.05) is 4.83 Å². The Hall–Kier alpha value is 0.110. The van der Waals surface area contributed by atoms with E-state index in [4.69, 9.17) is 0 Å². The molecule has 0 saturated heterocycles. The van der Waals surface area contributed by atoms with E-state index in [2.05, 4.69) is 31.9 Å². The topological polar surface area (TPSA) is 0 Å². The van der Waals surface area contributed by atoms with Crippen LogP contribution in [0.1, 0.15) is 17.9 Å². The molecule has 0 bridgehead atoms. The normalized spacial score (nSPS) is 27.2. The minimum Gasteiger partial charge on any atom is -0.206 e. The van der Waals surface area contributed by atoms with Crippen LogP contribution in [0.4, 0.5) is 4.39 Å². The number of alkyl halides is 1. The third-order valence-electron chi connectivity index (χ3n) is 2.08. The van der Waals surface area contributed by atoms with Crippen molar-refractivity contribution in [3.05, 3.63) is 34.1 Å². The van der Waals surface area contributed by atoms with Crippen LogP contribution < -0.4 is 0 Å². The quantitative estimate of drug-likeness (QED) is 0.690. The van der Waals surface area contributed by atoms with E-state index in [1.807, 2.05) is 12.1 Å². The maximum Gasteiger partial charge on any atom is 0.137 e. The van der Waals surface area contributed by atoms with Gasteiger partial charge in [-0.1, -0.05) is 22.0 Å². The zero-order chi connectivity index (χ0) is 8.72. The van der Waals surface area contributed by atoms with E-state index in [-0.39, 0.29) is 5.82 Å². The molecule has 2 unspecified atom stereocenters. The van der Waals surface area contributed by atoms with Crippen LogP contribution in [0.25, 0.3) is 0 Å². The van der Waals surface area contributed by atoms with Crippen molar-refractivity contribution < 1.29 is 4.39 Å². The smallest absolute Gasteiger partial charge is 0.137 e. The van der Waals surface area contributed by atoms with Crippen molar-refractivity contribution in [2.45, 2.75) is 17.2 Å². The molecule has 0 aliphatic heterocycles. The number of halogens is 3. The minimum atomic E-state index is -0.189. The third-order valence-corrected chi connectivity index (χ3v) is 3.70. The second kappa shape index (κ2) is 3.11. The van der Waals surface area contributed by atoms with Gasteiger partial charge >= 0.3 is 0 Å². The van der Waals surface area contributed by atoms with Crippen LogP contribution in [0.3, 0.4) is 0 Å². The Morgan fingerprint density at radius 2 is 2.08 bits per heavy atom. The van der Waals surface area contributed by atoms with Crippen molar-refractivity contribution in [2.24, 2.45) is 0 Å². The highest BCUT2D eigenvalue weighted by Gasteiger charge is 2.35. The number of benzene rings is 1. The Kier molecular flexibility index (Phi) is 2.25. The summed E-state index contributed by atoms with van der Waals surface area (Å²) in [5, 5.41) is 0. The number of hydrogen-bond donors (Lipinski definition) is 0. The van der Waals surface area contributed by atoms with Gasteiger partial charge in [0.15, 0.2) is 0 Å². The first kappa shape index (κ1) is 8.70. The fraction of sp³-hybridized carbons (Fsp3) is 0.333. The molecule has 1 saturated carbocycles. The summed E-state index contributed by atoms with van der Waals surface area (Å²) >= 11 is 6.69. The Labute approximate surface area is 87.4 Å². The SMILES string of the molecule is Fc1ccc(C2CC2Br)cc1Br. The lowest BCUT2D eigenvalue weighted by Gasteiger charge is -1.99. The van der Waals surface area contributed by atoms with Crippen LogP contribution in [0.5, 0.6) is 0 Å². The molecule has 1 aromatic rings. The monoisotopic (exact) mass is 292 g/mol. The van der Waals surface area contributed by atoms with Crippen LogP contribution in [0, 0.1) is 5.82 Å². The third kappa shape index (κ3) is 1.57. The fourth-order valence-corrected chi connectivity index (χ4v) is 2.36. The van der Waals surface area contributed by atoms with E-state index in [0.29, 0.717) is 15.2 Å². The lowest BCUT2D eigenvalue weighted by Crippen LogP contribution is -1.84. The summed E-state index contributed by atoms with van der Waals surface area (Å²) in [5.74, 6) is 0.396. The Bertz CT molecular complexity index is 311. The van der Waals surface area contributed by atoms with Crippen LogP contribution >= 0.6 is 31.9 Å². The highest BCUT2D eigenvalue weighted by Crippen LogP contribution is 2.46. The average molecular weight is 294 g/mol. The van der Waals surface area contributed by atoms with Gasteiger partial charge in [0.2, 0.25) is 0 Å². The molecular weight excluding hydrogens is 287 g/mol.